The van der Waals surface area contributed by atoms with Crippen LogP contribution in [0.5, 0.6) is 5.75 Å². The topological polar surface area (TPSA) is 64.4 Å². The van der Waals surface area contributed by atoms with Crippen LogP contribution in [0.15, 0.2) is 24.4 Å². The molecule has 0 unspecified atom stereocenters. The van der Waals surface area contributed by atoms with Gasteiger partial charge in [0.15, 0.2) is 0 Å². The summed E-state index contributed by atoms with van der Waals surface area (Å²) < 4.78 is 16.7. The molecular formula is C16H16N2O3S. The van der Waals surface area contributed by atoms with Crippen LogP contribution in [0.4, 0.5) is 0 Å². The molecule has 1 aromatic heterocycles. The van der Waals surface area contributed by atoms with E-state index in [9.17, 15) is 5.26 Å². The third kappa shape index (κ3) is 3.63. The molecule has 0 spiro atoms. The number of hydrogen-bond acceptors (Lipinski definition) is 6. The lowest BCUT2D eigenvalue weighted by atomic mass is 10.1. The van der Waals surface area contributed by atoms with Crippen molar-refractivity contribution in [3.05, 3.63) is 34.8 Å². The zero-order valence-electron chi connectivity index (χ0n) is 12.2. The summed E-state index contributed by atoms with van der Waals surface area (Å²) in [6.45, 7) is 4.18. The minimum atomic E-state index is -0.0648. The van der Waals surface area contributed by atoms with E-state index in [-0.39, 0.29) is 6.10 Å². The first kappa shape index (κ1) is 15.0. The minimum Gasteiger partial charge on any atom is -0.491 e. The molecule has 1 aliphatic heterocycles. The zero-order chi connectivity index (χ0) is 15.4. The van der Waals surface area contributed by atoms with Gasteiger partial charge in [-0.3, -0.25) is 0 Å². The first-order valence-electron chi connectivity index (χ1n) is 7.05. The van der Waals surface area contributed by atoms with E-state index in [1.807, 2.05) is 25.3 Å². The average Bonchev–Trinajstić information content (AvgIpc) is 3.00. The molecule has 0 aliphatic carbocycles. The number of nitrogens with zero attached hydrogens (tertiary/aromatic N) is 2. The van der Waals surface area contributed by atoms with Crippen LogP contribution in [0.1, 0.15) is 10.4 Å². The van der Waals surface area contributed by atoms with Gasteiger partial charge in [-0.15, -0.1) is 11.3 Å². The summed E-state index contributed by atoms with van der Waals surface area (Å²) in [7, 11) is 0. The lowest BCUT2D eigenvalue weighted by molar-refractivity contribution is -0.101. The molecule has 0 bridgehead atoms. The van der Waals surface area contributed by atoms with Gasteiger partial charge in [0.25, 0.3) is 0 Å². The second kappa shape index (κ2) is 6.88. The van der Waals surface area contributed by atoms with Gasteiger partial charge in [0, 0.05) is 16.6 Å². The molecule has 0 N–H and O–H groups in total. The van der Waals surface area contributed by atoms with Gasteiger partial charge in [0.05, 0.1) is 31.5 Å². The van der Waals surface area contributed by atoms with Crippen LogP contribution in [-0.4, -0.2) is 37.5 Å². The molecule has 1 aromatic carbocycles. The number of aryl methyl sites for hydroxylation is 1. The van der Waals surface area contributed by atoms with Gasteiger partial charge < -0.3 is 14.2 Å². The molecule has 3 rings (SSSR count). The molecule has 0 amide bonds. The maximum absolute atomic E-state index is 9.19. The average molecular weight is 316 g/mol. The maximum Gasteiger partial charge on any atom is 0.123 e. The Morgan fingerprint density at radius 2 is 2.32 bits per heavy atom. The number of aromatic nitrogens is 1. The summed E-state index contributed by atoms with van der Waals surface area (Å²) in [6.07, 6.45) is 1.76. The molecule has 1 fully saturated rings. The molecule has 1 saturated heterocycles. The van der Waals surface area contributed by atoms with Crippen LogP contribution >= 0.6 is 11.3 Å². The predicted molar refractivity (Wildman–Crippen MR) is 83.1 cm³/mol. The van der Waals surface area contributed by atoms with Crippen molar-refractivity contribution in [1.29, 1.82) is 5.26 Å². The molecule has 22 heavy (non-hydrogen) atoms. The first-order chi connectivity index (χ1) is 10.7. The number of hydrogen-bond donors (Lipinski definition) is 0. The first-order valence-corrected chi connectivity index (χ1v) is 7.86. The number of rotatable bonds is 4. The maximum atomic E-state index is 9.19. The van der Waals surface area contributed by atoms with E-state index in [0.29, 0.717) is 37.7 Å². The quantitative estimate of drug-likeness (QED) is 0.868. The van der Waals surface area contributed by atoms with Crippen molar-refractivity contribution in [3.8, 4) is 22.4 Å². The highest BCUT2D eigenvalue weighted by molar-refractivity contribution is 7.14. The van der Waals surface area contributed by atoms with Crippen LogP contribution < -0.4 is 4.74 Å². The predicted octanol–water partition coefficient (Wildman–Crippen LogP) is 2.78. The fourth-order valence-corrected chi connectivity index (χ4v) is 2.93. The molecule has 2 heterocycles. The standard InChI is InChI=1S/C16H16N2O3S/c1-11-8-18-16(22-11)13-4-12(7-17)5-14(6-13)21-10-15-9-19-2-3-20-15/h4-6,8,15H,2-3,9-10H2,1H3/t15-/m1/s1. The fraction of sp³-hybridized carbons (Fsp3) is 0.375. The summed E-state index contributed by atoms with van der Waals surface area (Å²) in [6, 6.07) is 7.62. The Balaban J connectivity index is 1.77. The van der Waals surface area contributed by atoms with E-state index in [0.717, 1.165) is 15.4 Å². The monoisotopic (exact) mass is 316 g/mol. The second-order valence-corrected chi connectivity index (χ2v) is 6.25. The SMILES string of the molecule is Cc1cnc(-c2cc(C#N)cc(OC[C@H]3COCCO3)c2)s1. The highest BCUT2D eigenvalue weighted by Gasteiger charge is 2.15. The van der Waals surface area contributed by atoms with Crippen molar-refractivity contribution in [2.24, 2.45) is 0 Å². The Bertz CT molecular complexity index is 687. The lowest BCUT2D eigenvalue weighted by Gasteiger charge is -2.23. The molecule has 1 atom stereocenters. The van der Waals surface area contributed by atoms with Crippen LogP contribution in [0.3, 0.4) is 0 Å². The minimum absolute atomic E-state index is 0.0648. The fourth-order valence-electron chi connectivity index (χ4n) is 2.18. The summed E-state index contributed by atoms with van der Waals surface area (Å²) in [5, 5.41) is 10.1. The Morgan fingerprint density at radius 3 is 3.00 bits per heavy atom. The largest absolute Gasteiger partial charge is 0.491 e. The number of benzene rings is 1. The molecule has 1 aliphatic rings. The van der Waals surface area contributed by atoms with Gasteiger partial charge in [-0.25, -0.2) is 4.98 Å². The van der Waals surface area contributed by atoms with Gasteiger partial charge in [-0.1, -0.05) is 0 Å². The highest BCUT2D eigenvalue weighted by atomic mass is 32.1. The Hall–Kier alpha value is -1.94. The van der Waals surface area contributed by atoms with Crippen molar-refractivity contribution in [2.75, 3.05) is 26.4 Å². The molecule has 0 radical (unpaired) electrons. The summed E-state index contributed by atoms with van der Waals surface area (Å²) >= 11 is 1.59. The van der Waals surface area contributed by atoms with Crippen LogP contribution in [0.2, 0.25) is 0 Å². The molecular weight excluding hydrogens is 300 g/mol. The van der Waals surface area contributed by atoms with E-state index in [1.165, 1.54) is 0 Å². The third-order valence-electron chi connectivity index (χ3n) is 3.22. The molecule has 6 heteroatoms. The summed E-state index contributed by atoms with van der Waals surface area (Å²) in [4.78, 5) is 5.49. The van der Waals surface area contributed by atoms with E-state index in [4.69, 9.17) is 14.2 Å². The molecule has 0 saturated carbocycles. The normalized spacial score (nSPS) is 17.9. The van der Waals surface area contributed by atoms with Crippen LogP contribution in [-0.2, 0) is 9.47 Å². The molecule has 114 valence electrons. The molecule has 5 nitrogen and oxygen atoms in total. The van der Waals surface area contributed by atoms with Gasteiger partial charge in [-0.2, -0.15) is 5.26 Å². The van der Waals surface area contributed by atoms with E-state index in [1.54, 1.807) is 17.4 Å². The summed E-state index contributed by atoms with van der Waals surface area (Å²) in [5.41, 5.74) is 1.45. The third-order valence-corrected chi connectivity index (χ3v) is 4.19. The van der Waals surface area contributed by atoms with Gasteiger partial charge in [-0.05, 0) is 25.1 Å². The highest BCUT2D eigenvalue weighted by Crippen LogP contribution is 2.29. The van der Waals surface area contributed by atoms with Gasteiger partial charge in [0.1, 0.15) is 23.5 Å². The van der Waals surface area contributed by atoms with Crippen molar-refractivity contribution >= 4 is 11.3 Å². The lowest BCUT2D eigenvalue weighted by Crippen LogP contribution is -2.33. The van der Waals surface area contributed by atoms with E-state index in [2.05, 4.69) is 11.1 Å². The van der Waals surface area contributed by atoms with Crippen molar-refractivity contribution in [1.82, 2.24) is 4.98 Å². The number of nitriles is 1. The summed E-state index contributed by atoms with van der Waals surface area (Å²) in [5.74, 6) is 0.649. The van der Waals surface area contributed by atoms with Crippen LogP contribution in [0.25, 0.3) is 10.6 Å². The number of thiazole rings is 1. The van der Waals surface area contributed by atoms with Crippen molar-refractivity contribution in [2.45, 2.75) is 13.0 Å². The van der Waals surface area contributed by atoms with Crippen molar-refractivity contribution < 1.29 is 14.2 Å². The van der Waals surface area contributed by atoms with E-state index >= 15 is 0 Å². The smallest absolute Gasteiger partial charge is 0.123 e. The van der Waals surface area contributed by atoms with Gasteiger partial charge >= 0.3 is 0 Å². The Labute approximate surface area is 133 Å². The van der Waals surface area contributed by atoms with Crippen molar-refractivity contribution in [3.63, 3.8) is 0 Å². The van der Waals surface area contributed by atoms with Crippen LogP contribution in [0, 0.1) is 18.3 Å². The number of ether oxygens (including phenoxy) is 3. The van der Waals surface area contributed by atoms with E-state index < -0.39 is 0 Å². The molecule has 2 aromatic rings. The van der Waals surface area contributed by atoms with Gasteiger partial charge in [0.2, 0.25) is 0 Å². The Kier molecular flexibility index (Phi) is 4.68. The second-order valence-electron chi connectivity index (χ2n) is 5.01. The Morgan fingerprint density at radius 1 is 1.41 bits per heavy atom. The zero-order valence-corrected chi connectivity index (χ0v) is 13.1.